The molecule has 0 aliphatic rings. The van der Waals surface area contributed by atoms with E-state index in [9.17, 15) is 14.7 Å². The Balaban J connectivity index is 2.67. The van der Waals surface area contributed by atoms with Crippen LogP contribution in [0.15, 0.2) is 4.79 Å². The molecule has 0 radical (unpaired) electrons. The van der Waals surface area contributed by atoms with Crippen LogP contribution < -0.4 is 10.2 Å². The number of aryl methyl sites for hydroxylation is 1. The summed E-state index contributed by atoms with van der Waals surface area (Å²) in [5, 5.41) is 12.0. The third kappa shape index (κ3) is 2.35. The first-order chi connectivity index (χ1) is 6.52. The van der Waals surface area contributed by atoms with Crippen LogP contribution >= 0.6 is 11.3 Å². The molecule has 0 aliphatic carbocycles. The minimum absolute atomic E-state index is 0.00893. The molecular weight excluding hydrogens is 204 g/mol. The zero-order valence-electron chi connectivity index (χ0n) is 8.03. The molecule has 5 nitrogen and oxygen atoms in total. The van der Waals surface area contributed by atoms with Gasteiger partial charge in [0.1, 0.15) is 0 Å². The summed E-state index contributed by atoms with van der Waals surface area (Å²) in [6, 6.07) is 0. The van der Waals surface area contributed by atoms with Crippen molar-refractivity contribution < 1.29 is 9.90 Å². The predicted molar refractivity (Wildman–Crippen MR) is 53.7 cm³/mol. The summed E-state index contributed by atoms with van der Waals surface area (Å²) >= 11 is 0.999. The second-order valence-corrected chi connectivity index (χ2v) is 4.05. The van der Waals surface area contributed by atoms with Gasteiger partial charge in [0.25, 0.3) is 0 Å². The molecule has 1 aromatic heterocycles. The molecule has 78 valence electrons. The lowest BCUT2D eigenvalue weighted by molar-refractivity contribution is -0.118. The highest BCUT2D eigenvalue weighted by Gasteiger charge is 2.09. The smallest absolute Gasteiger partial charge is 0.310 e. The molecule has 1 amide bonds. The molecule has 2 N–H and O–H groups in total. The van der Waals surface area contributed by atoms with Crippen LogP contribution in [0.25, 0.3) is 0 Å². The highest BCUT2D eigenvalue weighted by molar-refractivity contribution is 7.09. The summed E-state index contributed by atoms with van der Waals surface area (Å²) in [5.74, 6) is -0.158. The summed E-state index contributed by atoms with van der Waals surface area (Å²) in [6.07, 6.45) is 0. The van der Waals surface area contributed by atoms with Crippen molar-refractivity contribution in [2.24, 2.45) is 0 Å². The number of thiazole rings is 1. The van der Waals surface area contributed by atoms with Crippen LogP contribution in [0.2, 0.25) is 0 Å². The van der Waals surface area contributed by atoms with Gasteiger partial charge in [-0.05, 0) is 6.92 Å². The van der Waals surface area contributed by atoms with Crippen molar-refractivity contribution in [1.29, 1.82) is 0 Å². The summed E-state index contributed by atoms with van der Waals surface area (Å²) in [7, 11) is 0. The molecule has 0 unspecified atom stereocenters. The third-order valence-corrected chi connectivity index (χ3v) is 2.62. The monoisotopic (exact) mass is 216 g/mol. The Morgan fingerprint density at radius 3 is 2.71 bits per heavy atom. The van der Waals surface area contributed by atoms with E-state index in [1.165, 1.54) is 11.5 Å². The minimum atomic E-state index is -0.203. The van der Waals surface area contributed by atoms with E-state index in [1.807, 2.05) is 0 Å². The van der Waals surface area contributed by atoms with Crippen molar-refractivity contribution in [3.8, 4) is 5.88 Å². The van der Waals surface area contributed by atoms with Crippen molar-refractivity contribution in [2.75, 3.05) is 6.54 Å². The van der Waals surface area contributed by atoms with E-state index < -0.39 is 0 Å². The molecule has 1 rings (SSSR count). The van der Waals surface area contributed by atoms with E-state index in [4.69, 9.17) is 0 Å². The van der Waals surface area contributed by atoms with Crippen molar-refractivity contribution in [3.05, 3.63) is 14.5 Å². The maximum Gasteiger partial charge on any atom is 0.310 e. The highest BCUT2D eigenvalue weighted by atomic mass is 32.1. The van der Waals surface area contributed by atoms with Crippen LogP contribution in [-0.2, 0) is 11.3 Å². The van der Waals surface area contributed by atoms with E-state index in [2.05, 4.69) is 5.32 Å². The number of rotatable bonds is 3. The Morgan fingerprint density at radius 2 is 2.29 bits per heavy atom. The van der Waals surface area contributed by atoms with Gasteiger partial charge in [0.2, 0.25) is 11.8 Å². The SMILES string of the molecule is CC(=O)NCCn1c(O)c(C)sc1=O. The second kappa shape index (κ2) is 4.28. The van der Waals surface area contributed by atoms with Gasteiger partial charge in [-0.1, -0.05) is 11.3 Å². The number of carbonyl (C=O) groups excluding carboxylic acids is 1. The summed E-state index contributed by atoms with van der Waals surface area (Å²) in [4.78, 5) is 22.2. The lowest BCUT2D eigenvalue weighted by atomic mass is 10.5. The summed E-state index contributed by atoms with van der Waals surface area (Å²) in [6.45, 7) is 3.73. The number of hydrogen-bond acceptors (Lipinski definition) is 4. The molecule has 0 fully saturated rings. The van der Waals surface area contributed by atoms with E-state index in [1.54, 1.807) is 6.92 Å². The average molecular weight is 216 g/mol. The first-order valence-corrected chi connectivity index (χ1v) is 4.97. The number of aromatic nitrogens is 1. The quantitative estimate of drug-likeness (QED) is 0.750. The number of nitrogens with zero attached hydrogens (tertiary/aromatic N) is 1. The topological polar surface area (TPSA) is 71.3 Å². The predicted octanol–water partition coefficient (Wildman–Crippen LogP) is 0.0599. The minimum Gasteiger partial charge on any atom is -0.494 e. The molecule has 14 heavy (non-hydrogen) atoms. The number of hydrogen-bond donors (Lipinski definition) is 2. The van der Waals surface area contributed by atoms with Gasteiger partial charge in [-0.25, -0.2) is 0 Å². The van der Waals surface area contributed by atoms with Gasteiger partial charge in [0, 0.05) is 20.0 Å². The molecule has 6 heteroatoms. The first-order valence-electron chi connectivity index (χ1n) is 4.16. The zero-order valence-corrected chi connectivity index (χ0v) is 8.85. The van der Waals surface area contributed by atoms with Gasteiger partial charge in [-0.3, -0.25) is 14.2 Å². The largest absolute Gasteiger partial charge is 0.494 e. The van der Waals surface area contributed by atoms with Gasteiger partial charge >= 0.3 is 4.87 Å². The van der Waals surface area contributed by atoms with Crippen LogP contribution in [-0.4, -0.2) is 22.1 Å². The Labute approximate surface area is 85.0 Å². The fourth-order valence-corrected chi connectivity index (χ4v) is 1.80. The van der Waals surface area contributed by atoms with E-state index >= 15 is 0 Å². The van der Waals surface area contributed by atoms with Crippen LogP contribution in [0, 0.1) is 6.92 Å². The Bertz CT molecular complexity index is 394. The fourth-order valence-electron chi connectivity index (χ4n) is 1.05. The maximum atomic E-state index is 11.2. The number of aromatic hydroxyl groups is 1. The molecule has 0 saturated carbocycles. The number of carbonyl (C=O) groups is 1. The lowest BCUT2D eigenvalue weighted by Gasteiger charge is -2.03. The highest BCUT2D eigenvalue weighted by Crippen LogP contribution is 2.17. The maximum absolute atomic E-state index is 11.2. The molecule has 0 aliphatic heterocycles. The summed E-state index contributed by atoms with van der Waals surface area (Å²) in [5.41, 5.74) is 0. The Hall–Kier alpha value is -1.30. The van der Waals surface area contributed by atoms with Gasteiger partial charge < -0.3 is 10.4 Å². The number of nitrogens with one attached hydrogen (secondary N) is 1. The zero-order chi connectivity index (χ0) is 10.7. The normalized spacial score (nSPS) is 10.1. The van der Waals surface area contributed by atoms with Gasteiger partial charge in [-0.2, -0.15) is 0 Å². The molecule has 0 spiro atoms. The summed E-state index contributed by atoms with van der Waals surface area (Å²) < 4.78 is 1.25. The van der Waals surface area contributed by atoms with Crippen LogP contribution in [0.5, 0.6) is 5.88 Å². The van der Waals surface area contributed by atoms with Crippen molar-refractivity contribution in [1.82, 2.24) is 9.88 Å². The standard InChI is InChI=1S/C8H12N2O3S/c1-5-7(12)10(8(13)14-5)4-3-9-6(2)11/h12H,3-4H2,1-2H3,(H,9,11). The van der Waals surface area contributed by atoms with Crippen LogP contribution in [0.1, 0.15) is 11.8 Å². The molecule has 0 atom stereocenters. The second-order valence-electron chi connectivity index (χ2n) is 2.88. The Morgan fingerprint density at radius 1 is 1.64 bits per heavy atom. The first kappa shape index (κ1) is 10.8. The third-order valence-electron chi connectivity index (χ3n) is 1.74. The van der Waals surface area contributed by atoms with Gasteiger partial charge in [0.15, 0.2) is 0 Å². The van der Waals surface area contributed by atoms with E-state index in [0.717, 1.165) is 11.3 Å². The van der Waals surface area contributed by atoms with E-state index in [0.29, 0.717) is 18.0 Å². The molecule has 0 bridgehead atoms. The van der Waals surface area contributed by atoms with Gasteiger partial charge in [-0.15, -0.1) is 0 Å². The molecule has 1 heterocycles. The van der Waals surface area contributed by atoms with Crippen molar-refractivity contribution >= 4 is 17.2 Å². The Kier molecular flexibility index (Phi) is 3.29. The molecular formula is C8H12N2O3S. The van der Waals surface area contributed by atoms with Gasteiger partial charge in [0.05, 0.1) is 4.88 Å². The average Bonchev–Trinajstić information content (AvgIpc) is 2.31. The van der Waals surface area contributed by atoms with E-state index in [-0.39, 0.29) is 16.7 Å². The number of amides is 1. The van der Waals surface area contributed by atoms with Crippen molar-refractivity contribution in [3.63, 3.8) is 0 Å². The lowest BCUT2D eigenvalue weighted by Crippen LogP contribution is -2.27. The van der Waals surface area contributed by atoms with Crippen LogP contribution in [0.3, 0.4) is 0 Å². The van der Waals surface area contributed by atoms with Crippen molar-refractivity contribution in [2.45, 2.75) is 20.4 Å². The molecule has 0 saturated heterocycles. The van der Waals surface area contributed by atoms with Crippen LogP contribution in [0.4, 0.5) is 0 Å². The fraction of sp³-hybridized carbons (Fsp3) is 0.500. The molecule has 0 aromatic carbocycles. The molecule has 1 aromatic rings.